The molecule has 168 valence electrons. The maximum absolute atomic E-state index is 12.9. The summed E-state index contributed by atoms with van der Waals surface area (Å²) in [5.74, 6) is 1.83. The first-order valence-corrected chi connectivity index (χ1v) is 11.2. The van der Waals surface area contributed by atoms with E-state index in [2.05, 4.69) is 5.32 Å². The third-order valence-electron chi connectivity index (χ3n) is 6.90. The Bertz CT molecular complexity index is 812. The number of amides is 4. The number of likely N-dealkylation sites (tertiary alicyclic amines) is 2. The largest absolute Gasteiger partial charge is 0.497 e. The highest BCUT2D eigenvalue weighted by atomic mass is 16.5. The zero-order valence-corrected chi connectivity index (χ0v) is 18.2. The molecule has 0 radical (unpaired) electrons. The van der Waals surface area contributed by atoms with E-state index in [1.165, 1.54) is 0 Å². The van der Waals surface area contributed by atoms with Crippen LogP contribution in [0.5, 0.6) is 5.75 Å². The van der Waals surface area contributed by atoms with Gasteiger partial charge in [-0.1, -0.05) is 12.1 Å². The number of rotatable bonds is 6. The van der Waals surface area contributed by atoms with Gasteiger partial charge >= 0.3 is 6.03 Å². The Morgan fingerprint density at radius 3 is 2.48 bits per heavy atom. The first kappa shape index (κ1) is 21.5. The molecule has 31 heavy (non-hydrogen) atoms. The normalized spacial score (nSPS) is 24.0. The lowest BCUT2D eigenvalue weighted by Crippen LogP contribution is -2.44. The summed E-state index contributed by atoms with van der Waals surface area (Å²) in [6, 6.07) is 7.60. The third kappa shape index (κ3) is 5.11. The lowest BCUT2D eigenvalue weighted by molar-refractivity contribution is -0.133. The second kappa shape index (κ2) is 9.58. The van der Waals surface area contributed by atoms with Crippen molar-refractivity contribution >= 4 is 17.8 Å². The fourth-order valence-corrected chi connectivity index (χ4v) is 4.94. The quantitative estimate of drug-likeness (QED) is 0.742. The molecular formula is C23H32N4O4. The van der Waals surface area contributed by atoms with Crippen molar-refractivity contribution in [3.05, 3.63) is 29.8 Å². The predicted molar refractivity (Wildman–Crippen MR) is 116 cm³/mol. The summed E-state index contributed by atoms with van der Waals surface area (Å²) in [5.41, 5.74) is 0.987. The van der Waals surface area contributed by atoms with E-state index in [0.717, 1.165) is 37.2 Å². The number of piperidine rings is 1. The molecule has 0 aromatic heterocycles. The van der Waals surface area contributed by atoms with Crippen molar-refractivity contribution in [2.75, 3.05) is 52.9 Å². The minimum atomic E-state index is -0.0399. The van der Waals surface area contributed by atoms with Crippen molar-refractivity contribution in [2.24, 2.45) is 11.8 Å². The van der Waals surface area contributed by atoms with E-state index in [1.807, 2.05) is 34.1 Å². The molecule has 1 aromatic rings. The molecule has 3 aliphatic rings. The number of nitrogens with one attached hydrogen (secondary N) is 1. The van der Waals surface area contributed by atoms with Crippen LogP contribution in [0.25, 0.3) is 0 Å². The number of urea groups is 1. The summed E-state index contributed by atoms with van der Waals surface area (Å²) in [6.45, 7) is 4.71. The molecule has 3 saturated heterocycles. The van der Waals surface area contributed by atoms with Gasteiger partial charge in [0, 0.05) is 52.2 Å². The Hall–Kier alpha value is -2.77. The number of carbonyl (C=O) groups is 3. The second-order valence-electron chi connectivity index (χ2n) is 8.77. The van der Waals surface area contributed by atoms with Crippen molar-refractivity contribution in [1.29, 1.82) is 0 Å². The molecule has 1 aromatic carbocycles. The van der Waals surface area contributed by atoms with Crippen molar-refractivity contribution in [3.8, 4) is 5.75 Å². The SMILES string of the molecule is COc1ccc(CC(=O)N2CC[C@H]3CC(=O)N(CCN4CCNC4=O)CC[C@H]3C2)cc1. The topological polar surface area (TPSA) is 82.2 Å². The van der Waals surface area contributed by atoms with Gasteiger partial charge in [0.05, 0.1) is 13.5 Å². The molecule has 4 amide bonds. The molecule has 0 spiro atoms. The molecule has 3 heterocycles. The van der Waals surface area contributed by atoms with E-state index in [0.29, 0.717) is 57.4 Å². The number of ether oxygens (including phenoxy) is 1. The fourth-order valence-electron chi connectivity index (χ4n) is 4.94. The summed E-state index contributed by atoms with van der Waals surface area (Å²) in [5, 5.41) is 2.80. The van der Waals surface area contributed by atoms with Crippen LogP contribution < -0.4 is 10.1 Å². The maximum atomic E-state index is 12.9. The summed E-state index contributed by atoms with van der Waals surface area (Å²) in [6.07, 6.45) is 2.74. The minimum Gasteiger partial charge on any atom is -0.497 e. The van der Waals surface area contributed by atoms with Crippen molar-refractivity contribution < 1.29 is 19.1 Å². The Labute approximate surface area is 183 Å². The highest BCUT2D eigenvalue weighted by Crippen LogP contribution is 2.32. The van der Waals surface area contributed by atoms with Gasteiger partial charge in [-0.15, -0.1) is 0 Å². The Kier molecular flexibility index (Phi) is 6.63. The highest BCUT2D eigenvalue weighted by Gasteiger charge is 2.36. The van der Waals surface area contributed by atoms with E-state index >= 15 is 0 Å². The van der Waals surface area contributed by atoms with Gasteiger partial charge in [0.2, 0.25) is 11.8 Å². The number of benzene rings is 1. The van der Waals surface area contributed by atoms with E-state index in [1.54, 1.807) is 12.0 Å². The predicted octanol–water partition coefficient (Wildman–Crippen LogP) is 1.35. The van der Waals surface area contributed by atoms with E-state index in [4.69, 9.17) is 4.74 Å². The molecule has 4 rings (SSSR count). The Morgan fingerprint density at radius 2 is 1.77 bits per heavy atom. The fraction of sp³-hybridized carbons (Fsp3) is 0.609. The van der Waals surface area contributed by atoms with E-state index in [-0.39, 0.29) is 17.8 Å². The molecule has 3 fully saturated rings. The van der Waals surface area contributed by atoms with Crippen LogP contribution in [0.4, 0.5) is 4.79 Å². The molecule has 0 unspecified atom stereocenters. The molecular weight excluding hydrogens is 396 g/mol. The third-order valence-corrected chi connectivity index (χ3v) is 6.90. The number of methoxy groups -OCH3 is 1. The number of fused-ring (bicyclic) bond motifs is 1. The monoisotopic (exact) mass is 428 g/mol. The van der Waals surface area contributed by atoms with Gasteiger partial charge in [0.1, 0.15) is 5.75 Å². The van der Waals surface area contributed by atoms with Gasteiger partial charge in [-0.05, 0) is 42.4 Å². The van der Waals surface area contributed by atoms with Gasteiger partial charge in [0.15, 0.2) is 0 Å². The van der Waals surface area contributed by atoms with Gasteiger partial charge in [-0.25, -0.2) is 4.79 Å². The molecule has 1 N–H and O–H groups in total. The number of hydrogen-bond donors (Lipinski definition) is 1. The average Bonchev–Trinajstić information content (AvgIpc) is 3.12. The summed E-state index contributed by atoms with van der Waals surface area (Å²) in [7, 11) is 1.63. The molecule has 8 heteroatoms. The lowest BCUT2D eigenvalue weighted by Gasteiger charge is -2.37. The van der Waals surface area contributed by atoms with Crippen LogP contribution in [0.1, 0.15) is 24.8 Å². The molecule has 0 saturated carbocycles. The second-order valence-corrected chi connectivity index (χ2v) is 8.77. The van der Waals surface area contributed by atoms with E-state index in [9.17, 15) is 14.4 Å². The molecule has 0 bridgehead atoms. The zero-order chi connectivity index (χ0) is 21.8. The van der Waals surface area contributed by atoms with Crippen molar-refractivity contribution in [2.45, 2.75) is 25.7 Å². The standard InChI is InChI=1S/C23H32N4O4/c1-31-20-4-2-17(3-5-20)14-21(28)27-10-6-18-15-22(29)25(9-7-19(18)16-27)12-13-26-11-8-24-23(26)30/h2-5,18-19H,6-16H2,1H3,(H,24,30)/t18-,19-/m0/s1. The first-order chi connectivity index (χ1) is 15.0. The minimum absolute atomic E-state index is 0.0399. The van der Waals surface area contributed by atoms with Crippen LogP contribution in [-0.4, -0.2) is 85.5 Å². The average molecular weight is 429 g/mol. The summed E-state index contributed by atoms with van der Waals surface area (Å²) in [4.78, 5) is 43.0. The van der Waals surface area contributed by atoms with Crippen LogP contribution >= 0.6 is 0 Å². The molecule has 8 nitrogen and oxygen atoms in total. The molecule has 0 aliphatic carbocycles. The summed E-state index contributed by atoms with van der Waals surface area (Å²) < 4.78 is 5.18. The Balaban J connectivity index is 1.29. The van der Waals surface area contributed by atoms with Crippen LogP contribution in [0.15, 0.2) is 24.3 Å². The van der Waals surface area contributed by atoms with E-state index < -0.39 is 0 Å². The highest BCUT2D eigenvalue weighted by molar-refractivity contribution is 5.79. The van der Waals surface area contributed by atoms with Gasteiger partial charge in [0.25, 0.3) is 0 Å². The maximum Gasteiger partial charge on any atom is 0.317 e. The molecule has 3 aliphatic heterocycles. The molecule has 2 atom stereocenters. The van der Waals surface area contributed by atoms with Gasteiger partial charge in [-0.2, -0.15) is 0 Å². The number of hydrogen-bond acceptors (Lipinski definition) is 4. The lowest BCUT2D eigenvalue weighted by atomic mass is 9.82. The van der Waals surface area contributed by atoms with Gasteiger partial charge in [-0.3, -0.25) is 9.59 Å². The van der Waals surface area contributed by atoms with Crippen LogP contribution in [-0.2, 0) is 16.0 Å². The Morgan fingerprint density at radius 1 is 1.03 bits per heavy atom. The van der Waals surface area contributed by atoms with Crippen molar-refractivity contribution in [3.63, 3.8) is 0 Å². The number of carbonyl (C=O) groups excluding carboxylic acids is 3. The number of nitrogens with zero attached hydrogens (tertiary/aromatic N) is 3. The van der Waals surface area contributed by atoms with Crippen LogP contribution in [0.2, 0.25) is 0 Å². The van der Waals surface area contributed by atoms with Crippen LogP contribution in [0.3, 0.4) is 0 Å². The van der Waals surface area contributed by atoms with Crippen LogP contribution in [0, 0.1) is 11.8 Å². The first-order valence-electron chi connectivity index (χ1n) is 11.2. The van der Waals surface area contributed by atoms with Gasteiger partial charge < -0.3 is 24.8 Å². The van der Waals surface area contributed by atoms with Crippen molar-refractivity contribution in [1.82, 2.24) is 20.0 Å². The smallest absolute Gasteiger partial charge is 0.317 e. The summed E-state index contributed by atoms with van der Waals surface area (Å²) >= 11 is 0. The zero-order valence-electron chi connectivity index (χ0n) is 18.2.